The molecule has 18 heavy (non-hydrogen) atoms. The van der Waals surface area contributed by atoms with Crippen molar-refractivity contribution in [3.63, 3.8) is 0 Å². The summed E-state index contributed by atoms with van der Waals surface area (Å²) in [6.07, 6.45) is -1.40. The van der Waals surface area contributed by atoms with Crippen LogP contribution in [0.1, 0.15) is 30.0 Å². The van der Waals surface area contributed by atoms with Crippen molar-refractivity contribution in [1.82, 2.24) is 0 Å². The van der Waals surface area contributed by atoms with Gasteiger partial charge in [0.25, 0.3) is 0 Å². The van der Waals surface area contributed by atoms with E-state index in [-0.39, 0.29) is 12.4 Å². The second-order valence-corrected chi connectivity index (χ2v) is 4.56. The molecule has 0 spiro atoms. The summed E-state index contributed by atoms with van der Waals surface area (Å²) in [7, 11) is 0. The third kappa shape index (κ3) is 4.63. The van der Waals surface area contributed by atoms with Crippen LogP contribution < -0.4 is 5.73 Å². The van der Waals surface area contributed by atoms with Crippen LogP contribution in [0.5, 0.6) is 0 Å². The van der Waals surface area contributed by atoms with Gasteiger partial charge in [0.15, 0.2) is 0 Å². The van der Waals surface area contributed by atoms with Crippen LogP contribution in [0.2, 0.25) is 0 Å². The summed E-state index contributed by atoms with van der Waals surface area (Å²) < 4.78 is 38.2. The van der Waals surface area contributed by atoms with E-state index in [1.165, 1.54) is 6.07 Å². The Morgan fingerprint density at radius 3 is 2.50 bits per heavy atom. The molecular weight excluding hydrogens is 330 g/mol. The maximum Gasteiger partial charge on any atom is 0.416 e. The molecule has 0 aliphatic carbocycles. The van der Waals surface area contributed by atoms with Crippen LogP contribution in [0.3, 0.4) is 0 Å². The Balaban J connectivity index is 0.00000289. The number of hydrogen-bond donors (Lipinski definition) is 1. The second kappa shape index (κ2) is 7.16. The summed E-state index contributed by atoms with van der Waals surface area (Å²) in [5, 5.41) is 0. The quantitative estimate of drug-likeness (QED) is 0.776. The van der Waals surface area contributed by atoms with Gasteiger partial charge >= 0.3 is 6.18 Å². The molecule has 1 aromatic rings. The third-order valence-electron chi connectivity index (χ3n) is 2.40. The Morgan fingerprint density at radius 2 is 2.00 bits per heavy atom. The fraction of sp³-hybridized carbons (Fsp3) is 0.333. The highest BCUT2D eigenvalue weighted by Gasteiger charge is 2.31. The van der Waals surface area contributed by atoms with E-state index < -0.39 is 17.8 Å². The van der Waals surface area contributed by atoms with E-state index in [9.17, 15) is 13.2 Å². The lowest BCUT2D eigenvalue weighted by atomic mass is 10.0. The van der Waals surface area contributed by atoms with Gasteiger partial charge in [0.05, 0.1) is 5.56 Å². The Morgan fingerprint density at radius 1 is 1.39 bits per heavy atom. The first-order chi connectivity index (χ1) is 7.86. The number of rotatable bonds is 4. The van der Waals surface area contributed by atoms with Crippen LogP contribution in [0.15, 0.2) is 35.3 Å². The van der Waals surface area contributed by atoms with Crippen molar-refractivity contribution in [2.75, 3.05) is 0 Å². The standard InChI is InChI=1S/C12H13BrF3N.ClH/c1-2-3-4-11(17)9-7-8(12(14,15)16)5-6-10(9)13;/h2,5-7,11H,1,3-4,17H2;1H/t11-;/m0./s1. The predicted octanol–water partition coefficient (Wildman–Crippen LogP) is 4.86. The molecule has 2 N–H and O–H groups in total. The van der Waals surface area contributed by atoms with Crippen LogP contribution in [0.25, 0.3) is 0 Å². The Kier molecular flexibility index (Phi) is 6.96. The minimum atomic E-state index is -4.34. The third-order valence-corrected chi connectivity index (χ3v) is 3.13. The van der Waals surface area contributed by atoms with Crippen LogP contribution in [-0.4, -0.2) is 0 Å². The molecule has 0 aromatic heterocycles. The smallest absolute Gasteiger partial charge is 0.324 e. The van der Waals surface area contributed by atoms with Gasteiger partial charge in [-0.05, 0) is 36.6 Å². The van der Waals surface area contributed by atoms with Crippen molar-refractivity contribution < 1.29 is 13.2 Å². The van der Waals surface area contributed by atoms with Crippen molar-refractivity contribution in [3.8, 4) is 0 Å². The number of benzene rings is 1. The van der Waals surface area contributed by atoms with Gasteiger partial charge in [-0.1, -0.05) is 22.0 Å². The monoisotopic (exact) mass is 343 g/mol. The maximum absolute atomic E-state index is 12.5. The summed E-state index contributed by atoms with van der Waals surface area (Å²) in [4.78, 5) is 0. The molecule has 6 heteroatoms. The van der Waals surface area contributed by atoms with Gasteiger partial charge in [-0.25, -0.2) is 0 Å². The van der Waals surface area contributed by atoms with Crippen LogP contribution >= 0.6 is 28.3 Å². The summed E-state index contributed by atoms with van der Waals surface area (Å²) in [5.74, 6) is 0. The molecule has 0 radical (unpaired) electrons. The van der Waals surface area contributed by atoms with Gasteiger partial charge in [0, 0.05) is 10.5 Å². The van der Waals surface area contributed by atoms with Gasteiger partial charge in [-0.3, -0.25) is 0 Å². The lowest BCUT2D eigenvalue weighted by Crippen LogP contribution is -2.13. The van der Waals surface area contributed by atoms with E-state index in [4.69, 9.17) is 5.73 Å². The molecule has 0 heterocycles. The first-order valence-electron chi connectivity index (χ1n) is 5.09. The molecule has 0 aliphatic rings. The topological polar surface area (TPSA) is 26.0 Å². The predicted molar refractivity (Wildman–Crippen MR) is 72.8 cm³/mol. The first kappa shape index (κ1) is 17.5. The van der Waals surface area contributed by atoms with Crippen LogP contribution in [0.4, 0.5) is 13.2 Å². The van der Waals surface area contributed by atoms with Crippen molar-refractivity contribution in [1.29, 1.82) is 0 Å². The molecule has 0 saturated carbocycles. The molecule has 102 valence electrons. The maximum atomic E-state index is 12.5. The number of nitrogens with two attached hydrogens (primary N) is 1. The van der Waals surface area contributed by atoms with E-state index in [0.717, 1.165) is 12.1 Å². The number of alkyl halides is 3. The average Bonchev–Trinajstić information content (AvgIpc) is 2.24. The van der Waals surface area contributed by atoms with Gasteiger partial charge in [0.1, 0.15) is 0 Å². The molecule has 0 amide bonds. The van der Waals surface area contributed by atoms with E-state index in [0.29, 0.717) is 22.9 Å². The molecule has 1 rings (SSSR count). The van der Waals surface area contributed by atoms with E-state index in [1.54, 1.807) is 6.08 Å². The molecule has 1 atom stereocenters. The van der Waals surface area contributed by atoms with Gasteiger partial charge < -0.3 is 5.73 Å². The van der Waals surface area contributed by atoms with Gasteiger partial charge in [0.2, 0.25) is 0 Å². The molecule has 1 nitrogen and oxygen atoms in total. The lowest BCUT2D eigenvalue weighted by Gasteiger charge is -2.15. The van der Waals surface area contributed by atoms with Gasteiger partial charge in [-0.2, -0.15) is 13.2 Å². The molecule has 0 unspecified atom stereocenters. The summed E-state index contributed by atoms with van der Waals surface area (Å²) in [5.41, 5.74) is 5.65. The highest BCUT2D eigenvalue weighted by Crippen LogP contribution is 2.34. The Bertz CT molecular complexity index is 407. The van der Waals surface area contributed by atoms with Crippen molar-refractivity contribution in [2.24, 2.45) is 5.73 Å². The van der Waals surface area contributed by atoms with Crippen molar-refractivity contribution >= 4 is 28.3 Å². The number of allylic oxidation sites excluding steroid dienone is 1. The zero-order valence-electron chi connectivity index (χ0n) is 9.51. The molecular formula is C12H14BrClF3N. The fourth-order valence-electron chi connectivity index (χ4n) is 1.46. The van der Waals surface area contributed by atoms with E-state index in [1.807, 2.05) is 0 Å². The Labute approximate surface area is 119 Å². The fourth-order valence-corrected chi connectivity index (χ4v) is 2.00. The first-order valence-corrected chi connectivity index (χ1v) is 5.88. The molecule has 0 aliphatic heterocycles. The highest BCUT2D eigenvalue weighted by atomic mass is 79.9. The van der Waals surface area contributed by atoms with E-state index in [2.05, 4.69) is 22.5 Å². The van der Waals surface area contributed by atoms with E-state index >= 15 is 0 Å². The van der Waals surface area contributed by atoms with Crippen molar-refractivity contribution in [2.45, 2.75) is 25.1 Å². The molecule has 0 bridgehead atoms. The second-order valence-electron chi connectivity index (χ2n) is 3.71. The van der Waals surface area contributed by atoms with Crippen molar-refractivity contribution in [3.05, 3.63) is 46.5 Å². The summed E-state index contributed by atoms with van der Waals surface area (Å²) in [6, 6.07) is 3.09. The SMILES string of the molecule is C=CCC[C@H](N)c1cc(C(F)(F)F)ccc1Br.Cl. The summed E-state index contributed by atoms with van der Waals surface area (Å²) in [6.45, 7) is 3.56. The number of halogens is 5. The normalized spacial score (nSPS) is 12.7. The highest BCUT2D eigenvalue weighted by molar-refractivity contribution is 9.10. The lowest BCUT2D eigenvalue weighted by molar-refractivity contribution is -0.137. The minimum Gasteiger partial charge on any atom is -0.324 e. The Hall–Kier alpha value is -0.520. The number of hydrogen-bond acceptors (Lipinski definition) is 1. The molecule has 0 saturated heterocycles. The molecule has 1 aromatic carbocycles. The largest absolute Gasteiger partial charge is 0.416 e. The average molecular weight is 345 g/mol. The zero-order chi connectivity index (χ0) is 13.1. The van der Waals surface area contributed by atoms with Crippen LogP contribution in [-0.2, 0) is 6.18 Å². The van der Waals surface area contributed by atoms with Crippen LogP contribution in [0, 0.1) is 0 Å². The zero-order valence-corrected chi connectivity index (χ0v) is 11.9. The van der Waals surface area contributed by atoms with Gasteiger partial charge in [-0.15, -0.1) is 19.0 Å². The molecule has 0 fully saturated rings. The minimum absolute atomic E-state index is 0. The summed E-state index contributed by atoms with van der Waals surface area (Å²) >= 11 is 3.22.